The van der Waals surface area contributed by atoms with Crippen LogP contribution in [-0.4, -0.2) is 43.8 Å². The average Bonchev–Trinajstić information content (AvgIpc) is 2.61. The second-order valence-electron chi connectivity index (χ2n) is 6.41. The zero-order chi connectivity index (χ0) is 18.9. The first kappa shape index (κ1) is 18.3. The monoisotopic (exact) mass is 375 g/mol. The van der Waals surface area contributed by atoms with Crippen LogP contribution in [0.5, 0.6) is 0 Å². The summed E-state index contributed by atoms with van der Waals surface area (Å²) in [5, 5.41) is 11.2. The first-order valence-electron chi connectivity index (χ1n) is 8.36. The Labute approximate surface area is 153 Å². The lowest BCUT2D eigenvalue weighted by Gasteiger charge is -2.35. The molecule has 1 fully saturated rings. The summed E-state index contributed by atoms with van der Waals surface area (Å²) in [6.45, 7) is 5.13. The van der Waals surface area contributed by atoms with Crippen LogP contribution in [0.1, 0.15) is 11.1 Å². The Bertz CT molecular complexity index is 935. The summed E-state index contributed by atoms with van der Waals surface area (Å²) in [4.78, 5) is 13.0. The number of hydrogen-bond donors (Lipinski definition) is 0. The van der Waals surface area contributed by atoms with E-state index in [9.17, 15) is 18.5 Å². The Morgan fingerprint density at radius 2 is 1.65 bits per heavy atom. The molecule has 138 valence electrons. The van der Waals surface area contributed by atoms with Crippen LogP contribution in [0.4, 0.5) is 11.4 Å². The molecule has 1 aliphatic rings. The normalized spacial score (nSPS) is 15.8. The molecule has 2 aromatic carbocycles. The molecule has 0 amide bonds. The van der Waals surface area contributed by atoms with Gasteiger partial charge in [-0.25, -0.2) is 8.42 Å². The molecule has 0 unspecified atom stereocenters. The van der Waals surface area contributed by atoms with Gasteiger partial charge in [0.1, 0.15) is 5.69 Å². The van der Waals surface area contributed by atoms with Crippen LogP contribution in [0.3, 0.4) is 0 Å². The second-order valence-corrected chi connectivity index (χ2v) is 8.31. The summed E-state index contributed by atoms with van der Waals surface area (Å²) in [5.41, 5.74) is 2.31. The highest BCUT2D eigenvalue weighted by atomic mass is 32.2. The number of aryl methyl sites for hydroxylation is 2. The largest absolute Gasteiger partial charge is 0.363 e. The Morgan fingerprint density at radius 1 is 1.00 bits per heavy atom. The fourth-order valence-electron chi connectivity index (χ4n) is 3.28. The zero-order valence-electron chi connectivity index (χ0n) is 14.8. The highest BCUT2D eigenvalue weighted by molar-refractivity contribution is 7.89. The first-order valence-corrected chi connectivity index (χ1v) is 9.80. The van der Waals surface area contributed by atoms with Gasteiger partial charge in [0.2, 0.25) is 10.0 Å². The minimum absolute atomic E-state index is 0.0400. The van der Waals surface area contributed by atoms with E-state index in [-0.39, 0.29) is 5.69 Å². The number of nitro groups is 1. The summed E-state index contributed by atoms with van der Waals surface area (Å²) >= 11 is 0. The third-order valence-electron chi connectivity index (χ3n) is 4.61. The number of benzene rings is 2. The highest BCUT2D eigenvalue weighted by Gasteiger charge is 2.31. The summed E-state index contributed by atoms with van der Waals surface area (Å²) < 4.78 is 27.3. The Kier molecular flexibility index (Phi) is 4.97. The van der Waals surface area contributed by atoms with Crippen LogP contribution >= 0.6 is 0 Å². The SMILES string of the molecule is Cc1ccc(S(=O)(=O)N2CCN(c3ccccc3[N+](=O)[O-])CC2)c(C)c1. The quantitative estimate of drug-likeness (QED) is 0.606. The minimum atomic E-state index is -3.57. The van der Waals surface area contributed by atoms with E-state index >= 15 is 0 Å². The van der Waals surface area contributed by atoms with Crippen molar-refractivity contribution in [2.45, 2.75) is 18.7 Å². The maximum Gasteiger partial charge on any atom is 0.292 e. The molecule has 0 bridgehead atoms. The van der Waals surface area contributed by atoms with E-state index in [1.807, 2.05) is 17.9 Å². The minimum Gasteiger partial charge on any atom is -0.363 e. The number of hydrogen-bond acceptors (Lipinski definition) is 5. The molecule has 0 radical (unpaired) electrons. The average molecular weight is 375 g/mol. The summed E-state index contributed by atoms with van der Waals surface area (Å²) in [6, 6.07) is 11.8. The van der Waals surface area contributed by atoms with Gasteiger partial charge in [0, 0.05) is 32.2 Å². The van der Waals surface area contributed by atoms with Gasteiger partial charge in [0.25, 0.3) is 5.69 Å². The molecule has 3 rings (SSSR count). The molecule has 1 aliphatic heterocycles. The van der Waals surface area contributed by atoms with E-state index in [2.05, 4.69) is 0 Å². The van der Waals surface area contributed by atoms with Crippen molar-refractivity contribution >= 4 is 21.4 Å². The summed E-state index contributed by atoms with van der Waals surface area (Å²) in [7, 11) is -3.57. The standard InChI is InChI=1S/C18H21N3O4S/c1-14-7-8-18(15(2)13-14)26(24,25)20-11-9-19(10-12-20)16-5-3-4-6-17(16)21(22)23/h3-8,13H,9-12H2,1-2H3. The van der Waals surface area contributed by atoms with Gasteiger partial charge in [-0.05, 0) is 31.5 Å². The van der Waals surface area contributed by atoms with Crippen molar-refractivity contribution in [3.05, 3.63) is 63.7 Å². The van der Waals surface area contributed by atoms with Crippen LogP contribution in [-0.2, 0) is 10.0 Å². The van der Waals surface area contributed by atoms with Gasteiger partial charge < -0.3 is 4.90 Å². The van der Waals surface area contributed by atoms with Crippen molar-refractivity contribution in [2.24, 2.45) is 0 Å². The predicted octanol–water partition coefficient (Wildman–Crippen LogP) is 2.72. The number of piperazine rings is 1. The third-order valence-corrected chi connectivity index (χ3v) is 6.66. The van der Waals surface area contributed by atoms with Gasteiger partial charge in [-0.1, -0.05) is 29.8 Å². The van der Waals surface area contributed by atoms with E-state index in [0.717, 1.165) is 11.1 Å². The summed E-state index contributed by atoms with van der Waals surface area (Å²) in [6.07, 6.45) is 0. The van der Waals surface area contributed by atoms with Crippen LogP contribution < -0.4 is 4.90 Å². The molecule has 26 heavy (non-hydrogen) atoms. The van der Waals surface area contributed by atoms with Crippen molar-refractivity contribution in [1.29, 1.82) is 0 Å². The lowest BCUT2D eigenvalue weighted by Crippen LogP contribution is -2.48. The van der Waals surface area contributed by atoms with Gasteiger partial charge >= 0.3 is 0 Å². The Morgan fingerprint density at radius 3 is 2.27 bits per heavy atom. The Balaban J connectivity index is 1.79. The maximum absolute atomic E-state index is 12.9. The first-order chi connectivity index (χ1) is 12.3. The van der Waals surface area contributed by atoms with E-state index in [1.54, 1.807) is 37.3 Å². The van der Waals surface area contributed by atoms with Gasteiger partial charge in [-0.3, -0.25) is 10.1 Å². The number of nitro benzene ring substituents is 1. The number of para-hydroxylation sites is 2. The molecule has 8 heteroatoms. The molecule has 7 nitrogen and oxygen atoms in total. The van der Waals surface area contributed by atoms with E-state index in [0.29, 0.717) is 36.8 Å². The van der Waals surface area contributed by atoms with Crippen LogP contribution in [0.2, 0.25) is 0 Å². The lowest BCUT2D eigenvalue weighted by molar-refractivity contribution is -0.384. The molecule has 1 heterocycles. The highest BCUT2D eigenvalue weighted by Crippen LogP contribution is 2.29. The third kappa shape index (κ3) is 3.42. The number of anilines is 1. The number of rotatable bonds is 4. The lowest BCUT2D eigenvalue weighted by atomic mass is 10.2. The van der Waals surface area contributed by atoms with Crippen molar-refractivity contribution in [3.63, 3.8) is 0 Å². The van der Waals surface area contributed by atoms with E-state index in [1.165, 1.54) is 10.4 Å². The van der Waals surface area contributed by atoms with Crippen molar-refractivity contribution < 1.29 is 13.3 Å². The van der Waals surface area contributed by atoms with Crippen LogP contribution in [0, 0.1) is 24.0 Å². The molecule has 0 atom stereocenters. The van der Waals surface area contributed by atoms with Crippen molar-refractivity contribution in [2.75, 3.05) is 31.1 Å². The van der Waals surface area contributed by atoms with Gasteiger partial charge in [0.05, 0.1) is 9.82 Å². The number of nitrogens with zero attached hydrogens (tertiary/aromatic N) is 3. The Hall–Kier alpha value is -2.45. The molecule has 0 aliphatic carbocycles. The van der Waals surface area contributed by atoms with Crippen molar-refractivity contribution in [1.82, 2.24) is 4.31 Å². The molecular formula is C18H21N3O4S. The van der Waals surface area contributed by atoms with Crippen LogP contribution in [0.15, 0.2) is 47.4 Å². The van der Waals surface area contributed by atoms with E-state index < -0.39 is 14.9 Å². The predicted molar refractivity (Wildman–Crippen MR) is 100.0 cm³/mol. The fraction of sp³-hybridized carbons (Fsp3) is 0.333. The fourth-order valence-corrected chi connectivity index (χ4v) is 4.91. The zero-order valence-corrected chi connectivity index (χ0v) is 15.6. The van der Waals surface area contributed by atoms with Gasteiger partial charge in [0.15, 0.2) is 0 Å². The molecule has 2 aromatic rings. The molecular weight excluding hydrogens is 354 g/mol. The molecule has 0 saturated carbocycles. The second kappa shape index (κ2) is 7.05. The van der Waals surface area contributed by atoms with E-state index in [4.69, 9.17) is 0 Å². The smallest absolute Gasteiger partial charge is 0.292 e. The molecule has 1 saturated heterocycles. The van der Waals surface area contributed by atoms with Gasteiger partial charge in [-0.15, -0.1) is 0 Å². The molecule has 0 N–H and O–H groups in total. The molecule has 0 spiro atoms. The number of sulfonamides is 1. The maximum atomic E-state index is 12.9. The topological polar surface area (TPSA) is 83.8 Å². The van der Waals surface area contributed by atoms with Gasteiger partial charge in [-0.2, -0.15) is 4.31 Å². The summed E-state index contributed by atoms with van der Waals surface area (Å²) in [5.74, 6) is 0. The molecule has 0 aromatic heterocycles. The van der Waals surface area contributed by atoms with Crippen molar-refractivity contribution in [3.8, 4) is 0 Å². The van der Waals surface area contributed by atoms with Crippen LogP contribution in [0.25, 0.3) is 0 Å².